The molecule has 0 bridgehead atoms. The molecule has 0 fully saturated rings. The number of hydrogen-bond donors (Lipinski definition) is 1. The Balaban J connectivity index is 2.83. The van der Waals surface area contributed by atoms with E-state index in [9.17, 15) is 5.11 Å². The third-order valence-electron chi connectivity index (χ3n) is 2.01. The Morgan fingerprint density at radius 1 is 1.46 bits per heavy atom. The van der Waals surface area contributed by atoms with Crippen molar-refractivity contribution in [2.45, 2.75) is 12.3 Å². The molecule has 0 amide bonds. The first-order chi connectivity index (χ1) is 6.22. The molecule has 0 spiro atoms. The van der Waals surface area contributed by atoms with Gasteiger partial charge in [-0.2, -0.15) is 0 Å². The van der Waals surface area contributed by atoms with Gasteiger partial charge in [-0.15, -0.1) is 11.3 Å². The molecule has 0 atom stereocenters. The average molecular weight is 257 g/mol. The molecule has 0 saturated carbocycles. The molecule has 0 radical (unpaired) electrons. The number of alkyl halides is 1. The molecule has 1 heterocycles. The fraction of sp³-hybridized carbons (Fsp3) is 0.200. The van der Waals surface area contributed by atoms with Crippen LogP contribution in [0, 0.1) is 6.92 Å². The molecule has 1 nitrogen and oxygen atoms in total. The van der Waals surface area contributed by atoms with Gasteiger partial charge in [0.1, 0.15) is 5.75 Å². The lowest BCUT2D eigenvalue weighted by molar-refractivity contribution is 0.481. The molecule has 2 rings (SSSR count). The van der Waals surface area contributed by atoms with Crippen molar-refractivity contribution in [3.63, 3.8) is 0 Å². The summed E-state index contributed by atoms with van der Waals surface area (Å²) < 4.78 is 1.19. The Bertz CT molecular complexity index is 447. The molecule has 68 valence electrons. The van der Waals surface area contributed by atoms with Gasteiger partial charge in [0.05, 0.1) is 0 Å². The Kier molecular flexibility index (Phi) is 2.30. The zero-order valence-electron chi connectivity index (χ0n) is 7.17. The van der Waals surface area contributed by atoms with Crippen LogP contribution in [0.15, 0.2) is 18.2 Å². The molecule has 1 N–H and O–H groups in total. The van der Waals surface area contributed by atoms with Gasteiger partial charge in [-0.05, 0) is 24.6 Å². The molecular weight excluding hydrogens is 248 g/mol. The SMILES string of the molecule is Cc1cc2c(O)ccc(CBr)c2s1. The summed E-state index contributed by atoms with van der Waals surface area (Å²) in [6.07, 6.45) is 0. The van der Waals surface area contributed by atoms with Gasteiger partial charge in [-0.1, -0.05) is 22.0 Å². The van der Waals surface area contributed by atoms with Crippen molar-refractivity contribution in [3.8, 4) is 5.75 Å². The zero-order chi connectivity index (χ0) is 9.42. The van der Waals surface area contributed by atoms with Crippen LogP contribution in [0.1, 0.15) is 10.4 Å². The number of phenolic OH excluding ortho intramolecular Hbond substituents is 1. The van der Waals surface area contributed by atoms with E-state index in [0.717, 1.165) is 10.7 Å². The molecule has 0 aliphatic rings. The van der Waals surface area contributed by atoms with Gasteiger partial charge in [-0.3, -0.25) is 0 Å². The van der Waals surface area contributed by atoms with Gasteiger partial charge in [-0.25, -0.2) is 0 Å². The maximum absolute atomic E-state index is 9.60. The predicted octanol–water partition coefficient (Wildman–Crippen LogP) is 3.81. The van der Waals surface area contributed by atoms with Crippen molar-refractivity contribution in [2.24, 2.45) is 0 Å². The number of halogens is 1. The van der Waals surface area contributed by atoms with E-state index >= 15 is 0 Å². The summed E-state index contributed by atoms with van der Waals surface area (Å²) in [6, 6.07) is 5.74. The van der Waals surface area contributed by atoms with Crippen molar-refractivity contribution < 1.29 is 5.11 Å². The van der Waals surface area contributed by atoms with Crippen molar-refractivity contribution >= 4 is 37.4 Å². The monoisotopic (exact) mass is 256 g/mol. The minimum atomic E-state index is 0.379. The van der Waals surface area contributed by atoms with Crippen LogP contribution >= 0.6 is 27.3 Å². The van der Waals surface area contributed by atoms with E-state index in [4.69, 9.17) is 0 Å². The Labute approximate surface area is 89.1 Å². The molecule has 2 aromatic rings. The summed E-state index contributed by atoms with van der Waals surface area (Å²) in [4.78, 5) is 1.23. The fourth-order valence-corrected chi connectivity index (χ4v) is 3.09. The smallest absolute Gasteiger partial charge is 0.124 e. The van der Waals surface area contributed by atoms with Crippen LogP contribution in [0.25, 0.3) is 10.1 Å². The van der Waals surface area contributed by atoms with Gasteiger partial charge in [0.2, 0.25) is 0 Å². The molecule has 0 unspecified atom stereocenters. The average Bonchev–Trinajstić information content (AvgIpc) is 2.48. The highest BCUT2D eigenvalue weighted by Gasteiger charge is 2.07. The summed E-state index contributed by atoms with van der Waals surface area (Å²) in [5.74, 6) is 0.379. The number of hydrogen-bond acceptors (Lipinski definition) is 2. The summed E-state index contributed by atoms with van der Waals surface area (Å²) in [5, 5.41) is 11.4. The highest BCUT2D eigenvalue weighted by atomic mass is 79.9. The highest BCUT2D eigenvalue weighted by molar-refractivity contribution is 9.08. The van der Waals surface area contributed by atoms with Gasteiger partial charge >= 0.3 is 0 Å². The minimum Gasteiger partial charge on any atom is -0.507 e. The van der Waals surface area contributed by atoms with Gasteiger partial charge < -0.3 is 5.11 Å². The number of phenols is 1. The molecule has 0 aliphatic carbocycles. The molecule has 13 heavy (non-hydrogen) atoms. The van der Waals surface area contributed by atoms with Crippen LogP contribution < -0.4 is 0 Å². The predicted molar refractivity (Wildman–Crippen MR) is 60.9 cm³/mol. The number of rotatable bonds is 1. The fourth-order valence-electron chi connectivity index (χ4n) is 1.39. The summed E-state index contributed by atoms with van der Waals surface area (Å²) >= 11 is 5.16. The topological polar surface area (TPSA) is 20.2 Å². The van der Waals surface area contributed by atoms with Crippen LogP contribution in [0.2, 0.25) is 0 Å². The number of aryl methyl sites for hydroxylation is 1. The molecule has 3 heteroatoms. The number of thiophene rings is 1. The molecule has 0 aliphatic heterocycles. The second-order valence-corrected chi connectivity index (χ2v) is 4.79. The maximum atomic E-state index is 9.60. The van der Waals surface area contributed by atoms with Crippen LogP contribution in [0.3, 0.4) is 0 Å². The second kappa shape index (κ2) is 3.31. The molecule has 1 aromatic heterocycles. The van der Waals surface area contributed by atoms with Crippen molar-refractivity contribution in [3.05, 3.63) is 28.6 Å². The largest absolute Gasteiger partial charge is 0.507 e. The van der Waals surface area contributed by atoms with Crippen molar-refractivity contribution in [2.75, 3.05) is 0 Å². The Hall–Kier alpha value is -0.540. The Morgan fingerprint density at radius 3 is 2.92 bits per heavy atom. The van der Waals surface area contributed by atoms with Crippen LogP contribution in [-0.2, 0) is 5.33 Å². The standard InChI is InChI=1S/C10H9BrOS/c1-6-4-8-9(12)3-2-7(5-11)10(8)13-6/h2-4,12H,5H2,1H3. The zero-order valence-corrected chi connectivity index (χ0v) is 9.58. The van der Waals surface area contributed by atoms with Crippen molar-refractivity contribution in [1.82, 2.24) is 0 Å². The first-order valence-electron chi connectivity index (χ1n) is 3.99. The third-order valence-corrected chi connectivity index (χ3v) is 3.74. The quantitative estimate of drug-likeness (QED) is 0.770. The maximum Gasteiger partial charge on any atom is 0.124 e. The van der Waals surface area contributed by atoms with E-state index in [-0.39, 0.29) is 0 Å². The van der Waals surface area contributed by atoms with E-state index in [1.54, 1.807) is 17.4 Å². The minimum absolute atomic E-state index is 0.379. The van der Waals surface area contributed by atoms with E-state index in [0.29, 0.717) is 5.75 Å². The normalized spacial score (nSPS) is 10.9. The van der Waals surface area contributed by atoms with Crippen LogP contribution in [0.4, 0.5) is 0 Å². The summed E-state index contributed by atoms with van der Waals surface area (Å²) in [5.41, 5.74) is 1.24. The van der Waals surface area contributed by atoms with E-state index in [2.05, 4.69) is 22.9 Å². The molecule has 0 saturated heterocycles. The first-order valence-corrected chi connectivity index (χ1v) is 5.93. The number of aromatic hydroxyl groups is 1. The molecular formula is C10H9BrOS. The van der Waals surface area contributed by atoms with E-state index in [1.807, 2.05) is 12.1 Å². The second-order valence-electron chi connectivity index (χ2n) is 2.98. The summed E-state index contributed by atoms with van der Waals surface area (Å²) in [6.45, 7) is 2.06. The lowest BCUT2D eigenvalue weighted by atomic mass is 10.1. The van der Waals surface area contributed by atoms with E-state index < -0.39 is 0 Å². The Morgan fingerprint density at radius 2 is 2.23 bits per heavy atom. The van der Waals surface area contributed by atoms with Gasteiger partial charge in [0.25, 0.3) is 0 Å². The highest BCUT2D eigenvalue weighted by Crippen LogP contribution is 2.35. The van der Waals surface area contributed by atoms with Crippen LogP contribution in [0.5, 0.6) is 5.75 Å². The first kappa shape index (κ1) is 9.03. The van der Waals surface area contributed by atoms with E-state index in [1.165, 1.54) is 15.1 Å². The van der Waals surface area contributed by atoms with Gasteiger partial charge in [0.15, 0.2) is 0 Å². The summed E-state index contributed by atoms with van der Waals surface area (Å²) in [7, 11) is 0. The molecule has 1 aromatic carbocycles. The van der Waals surface area contributed by atoms with Crippen LogP contribution in [-0.4, -0.2) is 5.11 Å². The lowest BCUT2D eigenvalue weighted by Crippen LogP contribution is -1.76. The third kappa shape index (κ3) is 1.46. The number of benzene rings is 1. The van der Waals surface area contributed by atoms with Gasteiger partial charge in [0, 0.05) is 20.3 Å². The van der Waals surface area contributed by atoms with Crippen molar-refractivity contribution in [1.29, 1.82) is 0 Å². The number of fused-ring (bicyclic) bond motifs is 1. The lowest BCUT2D eigenvalue weighted by Gasteiger charge is -1.99.